The molecule has 4 nitrogen and oxygen atoms in total. The highest BCUT2D eigenvalue weighted by molar-refractivity contribution is 6.30. The topological polar surface area (TPSA) is 52.6 Å². The molecule has 0 N–H and O–H groups in total. The Kier molecular flexibility index (Phi) is 9.31. The SMILES string of the molecule is CCCCOC(=O)CCCC(=O)OCCc1ccc(Cl)cc1. The van der Waals surface area contributed by atoms with E-state index in [4.69, 9.17) is 21.1 Å². The first-order valence-electron chi connectivity index (χ1n) is 7.67. The fraction of sp³-hybridized carbons (Fsp3) is 0.529. The second kappa shape index (κ2) is 11.1. The molecule has 0 saturated carbocycles. The van der Waals surface area contributed by atoms with Crippen molar-refractivity contribution in [1.29, 1.82) is 0 Å². The second-order valence-corrected chi connectivity index (χ2v) is 5.46. The van der Waals surface area contributed by atoms with Gasteiger partial charge >= 0.3 is 11.9 Å². The Labute approximate surface area is 136 Å². The van der Waals surface area contributed by atoms with E-state index in [1.165, 1.54) is 0 Å². The first kappa shape index (κ1) is 18.5. The van der Waals surface area contributed by atoms with E-state index < -0.39 is 0 Å². The van der Waals surface area contributed by atoms with Gasteiger partial charge < -0.3 is 9.47 Å². The fourth-order valence-corrected chi connectivity index (χ4v) is 1.91. The predicted molar refractivity (Wildman–Crippen MR) is 85.8 cm³/mol. The molecule has 1 aromatic carbocycles. The Hall–Kier alpha value is -1.55. The molecule has 22 heavy (non-hydrogen) atoms. The lowest BCUT2D eigenvalue weighted by atomic mass is 10.2. The lowest BCUT2D eigenvalue weighted by molar-refractivity contribution is -0.145. The number of hydrogen-bond acceptors (Lipinski definition) is 4. The lowest BCUT2D eigenvalue weighted by Crippen LogP contribution is -2.10. The third-order valence-corrected chi connectivity index (χ3v) is 3.34. The van der Waals surface area contributed by atoms with Crippen LogP contribution in [-0.2, 0) is 25.5 Å². The number of unbranched alkanes of at least 4 members (excludes halogenated alkanes) is 1. The minimum absolute atomic E-state index is 0.240. The number of rotatable bonds is 10. The summed E-state index contributed by atoms with van der Waals surface area (Å²) in [6.45, 7) is 2.83. The summed E-state index contributed by atoms with van der Waals surface area (Å²) in [5.41, 5.74) is 1.07. The summed E-state index contributed by atoms with van der Waals surface area (Å²) in [5, 5.41) is 0.687. The summed E-state index contributed by atoms with van der Waals surface area (Å²) in [5.74, 6) is -0.530. The fourth-order valence-electron chi connectivity index (χ4n) is 1.79. The van der Waals surface area contributed by atoms with Crippen LogP contribution in [0.2, 0.25) is 5.02 Å². The van der Waals surface area contributed by atoms with Gasteiger partial charge in [0, 0.05) is 24.3 Å². The van der Waals surface area contributed by atoms with Gasteiger partial charge in [-0.15, -0.1) is 0 Å². The average molecular weight is 327 g/mol. The van der Waals surface area contributed by atoms with Crippen molar-refractivity contribution >= 4 is 23.5 Å². The van der Waals surface area contributed by atoms with Crippen molar-refractivity contribution < 1.29 is 19.1 Å². The first-order valence-corrected chi connectivity index (χ1v) is 8.05. The molecule has 0 unspecified atom stereocenters. The third-order valence-electron chi connectivity index (χ3n) is 3.09. The molecule has 0 fully saturated rings. The Bertz CT molecular complexity index is 456. The molecule has 0 atom stereocenters. The lowest BCUT2D eigenvalue weighted by Gasteiger charge is -2.06. The summed E-state index contributed by atoms with van der Waals surface area (Å²) in [4.78, 5) is 22.9. The van der Waals surface area contributed by atoms with Gasteiger partial charge in [0.25, 0.3) is 0 Å². The minimum atomic E-state index is -0.282. The van der Waals surface area contributed by atoms with Gasteiger partial charge in [-0.25, -0.2) is 0 Å². The van der Waals surface area contributed by atoms with Crippen LogP contribution in [0.25, 0.3) is 0 Å². The molecule has 0 aliphatic rings. The molecular formula is C17H23ClO4. The van der Waals surface area contributed by atoms with Crippen LogP contribution in [0.1, 0.15) is 44.6 Å². The second-order valence-electron chi connectivity index (χ2n) is 5.02. The summed E-state index contributed by atoms with van der Waals surface area (Å²) >= 11 is 5.80. The van der Waals surface area contributed by atoms with E-state index in [2.05, 4.69) is 0 Å². The Morgan fingerprint density at radius 1 is 0.955 bits per heavy atom. The maximum atomic E-state index is 11.5. The van der Waals surface area contributed by atoms with Gasteiger partial charge in [0.1, 0.15) is 0 Å². The molecule has 0 bridgehead atoms. The number of benzene rings is 1. The van der Waals surface area contributed by atoms with Crippen molar-refractivity contribution in [3.8, 4) is 0 Å². The minimum Gasteiger partial charge on any atom is -0.466 e. The van der Waals surface area contributed by atoms with Crippen molar-refractivity contribution in [1.82, 2.24) is 0 Å². The van der Waals surface area contributed by atoms with Gasteiger partial charge in [-0.3, -0.25) is 9.59 Å². The molecular weight excluding hydrogens is 304 g/mol. The molecule has 122 valence electrons. The van der Waals surface area contributed by atoms with E-state index in [1.807, 2.05) is 31.2 Å². The molecule has 0 saturated heterocycles. The van der Waals surface area contributed by atoms with Gasteiger partial charge in [-0.1, -0.05) is 37.1 Å². The molecule has 1 aromatic rings. The van der Waals surface area contributed by atoms with Gasteiger partial charge in [-0.05, 0) is 30.5 Å². The monoisotopic (exact) mass is 326 g/mol. The van der Waals surface area contributed by atoms with Crippen LogP contribution in [0.4, 0.5) is 0 Å². The number of hydrogen-bond donors (Lipinski definition) is 0. The molecule has 0 radical (unpaired) electrons. The highest BCUT2D eigenvalue weighted by atomic mass is 35.5. The zero-order valence-corrected chi connectivity index (χ0v) is 13.7. The van der Waals surface area contributed by atoms with Crippen LogP contribution in [0.3, 0.4) is 0 Å². The number of halogens is 1. The Morgan fingerprint density at radius 3 is 2.14 bits per heavy atom. The van der Waals surface area contributed by atoms with Gasteiger partial charge in [0.2, 0.25) is 0 Å². The maximum Gasteiger partial charge on any atom is 0.305 e. The molecule has 5 heteroatoms. The summed E-state index contributed by atoms with van der Waals surface area (Å²) in [6, 6.07) is 7.43. The zero-order valence-electron chi connectivity index (χ0n) is 13.0. The smallest absolute Gasteiger partial charge is 0.305 e. The maximum absolute atomic E-state index is 11.5. The van der Waals surface area contributed by atoms with E-state index >= 15 is 0 Å². The number of carbonyl (C=O) groups excluding carboxylic acids is 2. The number of esters is 2. The van der Waals surface area contributed by atoms with Crippen molar-refractivity contribution in [2.24, 2.45) is 0 Å². The van der Waals surface area contributed by atoms with E-state index in [-0.39, 0.29) is 24.8 Å². The highest BCUT2D eigenvalue weighted by Gasteiger charge is 2.07. The quantitative estimate of drug-likeness (QED) is 0.482. The first-order chi connectivity index (χ1) is 10.6. The largest absolute Gasteiger partial charge is 0.466 e. The normalized spacial score (nSPS) is 10.3. The van der Waals surface area contributed by atoms with E-state index in [0.717, 1.165) is 18.4 Å². The average Bonchev–Trinajstić information content (AvgIpc) is 2.49. The van der Waals surface area contributed by atoms with Crippen LogP contribution in [0.5, 0.6) is 0 Å². The Morgan fingerprint density at radius 2 is 1.55 bits per heavy atom. The Balaban J connectivity index is 2.06. The molecule has 0 heterocycles. The van der Waals surface area contributed by atoms with Gasteiger partial charge in [-0.2, -0.15) is 0 Å². The number of carbonyl (C=O) groups is 2. The molecule has 0 aliphatic carbocycles. The summed E-state index contributed by atoms with van der Waals surface area (Å²) in [7, 11) is 0. The summed E-state index contributed by atoms with van der Waals surface area (Å²) in [6.07, 6.45) is 3.48. The van der Waals surface area contributed by atoms with Crippen molar-refractivity contribution in [2.45, 2.75) is 45.4 Å². The van der Waals surface area contributed by atoms with E-state index in [1.54, 1.807) is 0 Å². The van der Waals surface area contributed by atoms with Gasteiger partial charge in [0.15, 0.2) is 0 Å². The van der Waals surface area contributed by atoms with Gasteiger partial charge in [0.05, 0.1) is 13.2 Å². The van der Waals surface area contributed by atoms with Crippen LogP contribution in [-0.4, -0.2) is 25.2 Å². The zero-order chi connectivity index (χ0) is 16.2. The van der Waals surface area contributed by atoms with Crippen molar-refractivity contribution in [3.63, 3.8) is 0 Å². The van der Waals surface area contributed by atoms with Crippen molar-refractivity contribution in [3.05, 3.63) is 34.9 Å². The molecule has 0 amide bonds. The molecule has 1 rings (SSSR count). The number of ether oxygens (including phenoxy) is 2. The highest BCUT2D eigenvalue weighted by Crippen LogP contribution is 2.10. The van der Waals surface area contributed by atoms with Crippen LogP contribution in [0, 0.1) is 0 Å². The van der Waals surface area contributed by atoms with E-state index in [9.17, 15) is 9.59 Å². The van der Waals surface area contributed by atoms with Crippen LogP contribution in [0.15, 0.2) is 24.3 Å². The molecule has 0 aromatic heterocycles. The molecule has 0 spiro atoms. The third kappa shape index (κ3) is 8.67. The van der Waals surface area contributed by atoms with Crippen molar-refractivity contribution in [2.75, 3.05) is 13.2 Å². The van der Waals surface area contributed by atoms with E-state index in [0.29, 0.717) is 31.1 Å². The van der Waals surface area contributed by atoms with Crippen LogP contribution >= 0.6 is 11.6 Å². The summed E-state index contributed by atoms with van der Waals surface area (Å²) < 4.78 is 10.1. The predicted octanol–water partition coefficient (Wildman–Crippen LogP) is 3.94. The molecule has 0 aliphatic heterocycles. The van der Waals surface area contributed by atoms with Crippen LogP contribution < -0.4 is 0 Å². The standard InChI is InChI=1S/C17H23ClO4/c1-2-3-12-21-16(19)5-4-6-17(20)22-13-11-14-7-9-15(18)10-8-14/h7-10H,2-6,11-13H2,1H3.